The molecule has 6 nitrogen and oxygen atoms in total. The summed E-state index contributed by atoms with van der Waals surface area (Å²) in [4.78, 5) is 15.1. The van der Waals surface area contributed by atoms with Crippen LogP contribution in [0.3, 0.4) is 0 Å². The first-order chi connectivity index (χ1) is 14.4. The largest absolute Gasteiger partial charge is 0.362 e. The first-order valence-electron chi connectivity index (χ1n) is 10.7. The molecule has 0 spiro atoms. The van der Waals surface area contributed by atoms with Crippen molar-refractivity contribution in [1.29, 1.82) is 0 Å². The molecular formula is C23H29N3O3S. The van der Waals surface area contributed by atoms with Crippen LogP contribution in [-0.2, 0) is 21.2 Å². The average molecular weight is 428 g/mol. The van der Waals surface area contributed by atoms with Crippen molar-refractivity contribution in [1.82, 2.24) is 4.31 Å². The molecule has 0 aromatic heterocycles. The molecule has 1 amide bonds. The van der Waals surface area contributed by atoms with E-state index in [-0.39, 0.29) is 17.3 Å². The van der Waals surface area contributed by atoms with Gasteiger partial charge in [0.05, 0.1) is 11.4 Å². The molecule has 2 aromatic carbocycles. The van der Waals surface area contributed by atoms with Crippen molar-refractivity contribution in [2.45, 2.75) is 43.9 Å². The van der Waals surface area contributed by atoms with Gasteiger partial charge >= 0.3 is 0 Å². The Labute approximate surface area is 178 Å². The molecule has 2 aliphatic heterocycles. The monoisotopic (exact) mass is 427 g/mol. The highest BCUT2D eigenvalue weighted by Crippen LogP contribution is 2.27. The van der Waals surface area contributed by atoms with Crippen molar-refractivity contribution in [3.05, 3.63) is 53.6 Å². The van der Waals surface area contributed by atoms with Crippen LogP contribution in [0.2, 0.25) is 0 Å². The van der Waals surface area contributed by atoms with Gasteiger partial charge in [0, 0.05) is 31.0 Å². The highest BCUT2D eigenvalue weighted by Gasteiger charge is 2.26. The number of rotatable bonds is 5. The Bertz CT molecular complexity index is 1030. The number of nitrogens with zero attached hydrogens (tertiary/aromatic N) is 2. The van der Waals surface area contributed by atoms with Gasteiger partial charge in [-0.2, -0.15) is 4.31 Å². The molecule has 30 heavy (non-hydrogen) atoms. The lowest BCUT2D eigenvalue weighted by atomic mass is 10.0. The highest BCUT2D eigenvalue weighted by atomic mass is 32.2. The number of anilines is 2. The summed E-state index contributed by atoms with van der Waals surface area (Å²) < 4.78 is 27.5. The van der Waals surface area contributed by atoms with Gasteiger partial charge in [0.15, 0.2) is 0 Å². The van der Waals surface area contributed by atoms with Gasteiger partial charge in [0.25, 0.3) is 0 Å². The zero-order chi connectivity index (χ0) is 21.1. The van der Waals surface area contributed by atoms with E-state index in [0.29, 0.717) is 18.8 Å². The molecule has 2 heterocycles. The van der Waals surface area contributed by atoms with Crippen LogP contribution in [0.5, 0.6) is 0 Å². The number of fused-ring (bicyclic) bond motifs is 1. The summed E-state index contributed by atoms with van der Waals surface area (Å²) in [5.41, 5.74) is 3.78. The second-order valence-corrected chi connectivity index (χ2v) is 10.1. The summed E-state index contributed by atoms with van der Waals surface area (Å²) >= 11 is 0. The Hall–Kier alpha value is -2.38. The number of para-hydroxylation sites is 1. The van der Waals surface area contributed by atoms with Crippen LogP contribution in [-0.4, -0.2) is 44.8 Å². The number of sulfonamides is 1. The molecule has 2 aliphatic rings. The van der Waals surface area contributed by atoms with Crippen LogP contribution in [0.25, 0.3) is 0 Å². The summed E-state index contributed by atoms with van der Waals surface area (Å²) in [5.74, 6) is -0.137. The summed E-state index contributed by atoms with van der Waals surface area (Å²) in [6.45, 7) is 4.09. The van der Waals surface area contributed by atoms with Gasteiger partial charge in [-0.25, -0.2) is 8.42 Å². The van der Waals surface area contributed by atoms with Crippen LogP contribution in [0.15, 0.2) is 47.4 Å². The fourth-order valence-corrected chi connectivity index (χ4v) is 5.83. The van der Waals surface area contributed by atoms with Crippen molar-refractivity contribution in [3.8, 4) is 0 Å². The van der Waals surface area contributed by atoms with E-state index in [2.05, 4.69) is 22.3 Å². The second kappa shape index (κ2) is 8.78. The maximum Gasteiger partial charge on any atom is 0.243 e. The quantitative estimate of drug-likeness (QED) is 0.792. The smallest absolute Gasteiger partial charge is 0.243 e. The van der Waals surface area contributed by atoms with Crippen LogP contribution < -0.4 is 10.2 Å². The first kappa shape index (κ1) is 20.9. The van der Waals surface area contributed by atoms with E-state index in [1.807, 2.05) is 19.1 Å². The molecule has 0 aliphatic carbocycles. The van der Waals surface area contributed by atoms with Crippen molar-refractivity contribution in [2.75, 3.05) is 36.4 Å². The molecule has 1 fully saturated rings. The van der Waals surface area contributed by atoms with E-state index in [4.69, 9.17) is 0 Å². The van der Waals surface area contributed by atoms with E-state index in [1.54, 1.807) is 22.5 Å². The highest BCUT2D eigenvalue weighted by molar-refractivity contribution is 7.89. The number of hydrogen-bond acceptors (Lipinski definition) is 4. The molecule has 0 radical (unpaired) electrons. The number of hydrogen-bond donors (Lipinski definition) is 1. The number of amides is 1. The third kappa shape index (κ3) is 4.37. The molecule has 0 atom stereocenters. The number of aryl methyl sites for hydroxylation is 2. The van der Waals surface area contributed by atoms with Gasteiger partial charge in [0.1, 0.15) is 0 Å². The minimum absolute atomic E-state index is 0.137. The Morgan fingerprint density at radius 2 is 1.77 bits per heavy atom. The SMILES string of the molecule is Cc1ccc(S(=O)(=O)N2CCCCC2)cc1NC(=O)CN1CCCc2ccccc21. The topological polar surface area (TPSA) is 69.7 Å². The van der Waals surface area contributed by atoms with Gasteiger partial charge < -0.3 is 10.2 Å². The number of nitrogens with one attached hydrogen (secondary N) is 1. The summed E-state index contributed by atoms with van der Waals surface area (Å²) in [6.07, 6.45) is 4.91. The van der Waals surface area contributed by atoms with E-state index >= 15 is 0 Å². The second-order valence-electron chi connectivity index (χ2n) is 8.14. The fourth-order valence-electron chi connectivity index (χ4n) is 4.29. The van der Waals surface area contributed by atoms with E-state index in [1.165, 1.54) is 5.56 Å². The Balaban J connectivity index is 1.50. The standard InChI is InChI=1S/C23H29N3O3S/c1-18-11-12-20(30(28,29)26-14-5-2-6-15-26)16-21(18)24-23(27)17-25-13-7-9-19-8-3-4-10-22(19)25/h3-4,8,10-12,16H,2,5-7,9,13-15,17H2,1H3,(H,24,27). The van der Waals surface area contributed by atoms with E-state index < -0.39 is 10.0 Å². The first-order valence-corrected chi connectivity index (χ1v) is 12.1. The fraction of sp³-hybridized carbons (Fsp3) is 0.435. The lowest BCUT2D eigenvalue weighted by Gasteiger charge is -2.30. The third-order valence-corrected chi connectivity index (χ3v) is 7.87. The Morgan fingerprint density at radius 3 is 2.57 bits per heavy atom. The van der Waals surface area contributed by atoms with Crippen LogP contribution in [0.4, 0.5) is 11.4 Å². The number of carbonyl (C=O) groups excluding carboxylic acids is 1. The summed E-state index contributed by atoms with van der Waals surface area (Å²) in [6, 6.07) is 13.2. The Morgan fingerprint density at radius 1 is 1.00 bits per heavy atom. The van der Waals surface area contributed by atoms with Gasteiger partial charge in [-0.15, -0.1) is 0 Å². The number of piperidine rings is 1. The molecule has 0 saturated carbocycles. The van der Waals surface area contributed by atoms with Gasteiger partial charge in [0.2, 0.25) is 15.9 Å². The summed E-state index contributed by atoms with van der Waals surface area (Å²) in [7, 11) is -3.53. The number of benzene rings is 2. The molecule has 7 heteroatoms. The zero-order valence-electron chi connectivity index (χ0n) is 17.4. The van der Waals surface area contributed by atoms with Gasteiger partial charge in [-0.05, 0) is 61.9 Å². The van der Waals surface area contributed by atoms with E-state index in [9.17, 15) is 13.2 Å². The van der Waals surface area contributed by atoms with Crippen LogP contribution in [0.1, 0.15) is 36.8 Å². The summed E-state index contributed by atoms with van der Waals surface area (Å²) in [5, 5.41) is 2.94. The number of carbonyl (C=O) groups is 1. The predicted octanol–water partition coefficient (Wildman–Crippen LogP) is 3.56. The molecule has 1 saturated heterocycles. The van der Waals surface area contributed by atoms with E-state index in [0.717, 1.165) is 49.9 Å². The maximum atomic E-state index is 13.0. The lowest BCUT2D eigenvalue weighted by molar-refractivity contribution is -0.115. The molecular weight excluding hydrogens is 398 g/mol. The minimum Gasteiger partial charge on any atom is -0.362 e. The van der Waals surface area contributed by atoms with Crippen LogP contribution in [0, 0.1) is 6.92 Å². The van der Waals surface area contributed by atoms with Crippen LogP contribution >= 0.6 is 0 Å². The molecule has 2 aromatic rings. The molecule has 1 N–H and O–H groups in total. The Kier molecular flexibility index (Phi) is 6.11. The lowest BCUT2D eigenvalue weighted by Crippen LogP contribution is -2.37. The van der Waals surface area contributed by atoms with Crippen molar-refractivity contribution >= 4 is 27.3 Å². The average Bonchev–Trinajstić information content (AvgIpc) is 2.76. The molecule has 0 unspecified atom stereocenters. The van der Waals surface area contributed by atoms with Crippen molar-refractivity contribution in [3.63, 3.8) is 0 Å². The normalized spacial score (nSPS) is 17.4. The maximum absolute atomic E-state index is 13.0. The van der Waals surface area contributed by atoms with Crippen molar-refractivity contribution < 1.29 is 13.2 Å². The predicted molar refractivity (Wildman–Crippen MR) is 119 cm³/mol. The molecule has 0 bridgehead atoms. The zero-order valence-corrected chi connectivity index (χ0v) is 18.2. The molecule has 4 rings (SSSR count). The van der Waals surface area contributed by atoms with Gasteiger partial charge in [-0.3, -0.25) is 4.79 Å². The third-order valence-electron chi connectivity index (χ3n) is 5.98. The van der Waals surface area contributed by atoms with Gasteiger partial charge in [-0.1, -0.05) is 30.7 Å². The van der Waals surface area contributed by atoms with Crippen molar-refractivity contribution in [2.24, 2.45) is 0 Å². The minimum atomic E-state index is -3.53. The molecule has 160 valence electrons.